The zero-order chi connectivity index (χ0) is 10.2. The van der Waals surface area contributed by atoms with E-state index in [4.69, 9.17) is 14.4 Å². The van der Waals surface area contributed by atoms with Gasteiger partial charge in [0.15, 0.2) is 0 Å². The van der Waals surface area contributed by atoms with Crippen molar-refractivity contribution in [2.45, 2.75) is 19.3 Å². The van der Waals surface area contributed by atoms with Gasteiger partial charge in [0, 0.05) is 12.5 Å². The monoisotopic (exact) mass is 197 g/mol. The maximum Gasteiger partial charge on any atom is 0.310 e. The third-order valence-corrected chi connectivity index (χ3v) is 2.57. The quantitative estimate of drug-likeness (QED) is 0.782. The molecule has 0 aromatic carbocycles. The van der Waals surface area contributed by atoms with Crippen LogP contribution in [-0.2, 0) is 11.2 Å². The van der Waals surface area contributed by atoms with Crippen LogP contribution in [0.2, 0.25) is 0 Å². The minimum atomic E-state index is -0.757. The molecule has 0 unspecified atom stereocenters. The summed E-state index contributed by atoms with van der Waals surface area (Å²) in [5, 5.41) is 12.6. The molecule has 2 rings (SSSR count). The van der Waals surface area contributed by atoms with Crippen molar-refractivity contribution < 1.29 is 19.2 Å². The molecule has 0 bridgehead atoms. The van der Waals surface area contributed by atoms with Crippen molar-refractivity contribution in [2.24, 2.45) is 5.41 Å². The van der Waals surface area contributed by atoms with Gasteiger partial charge in [0.2, 0.25) is 0 Å². The van der Waals surface area contributed by atoms with Gasteiger partial charge < -0.3 is 14.4 Å². The summed E-state index contributed by atoms with van der Waals surface area (Å²) >= 11 is 0. The first kappa shape index (κ1) is 9.05. The van der Waals surface area contributed by atoms with Crippen molar-refractivity contribution in [1.29, 1.82) is 0 Å². The number of nitrogens with zero attached hydrogens (tertiary/aromatic N) is 1. The summed E-state index contributed by atoms with van der Waals surface area (Å²) in [7, 11) is 1.49. The number of hydrogen-bond donors (Lipinski definition) is 1. The van der Waals surface area contributed by atoms with E-state index in [9.17, 15) is 4.79 Å². The lowest BCUT2D eigenvalue weighted by Crippen LogP contribution is -2.17. The molecule has 1 heterocycles. The van der Waals surface area contributed by atoms with Crippen LogP contribution >= 0.6 is 0 Å². The number of methoxy groups -OCH3 is 1. The van der Waals surface area contributed by atoms with Crippen LogP contribution in [-0.4, -0.2) is 23.3 Å². The fourth-order valence-corrected chi connectivity index (χ4v) is 1.42. The smallest absolute Gasteiger partial charge is 0.310 e. The van der Waals surface area contributed by atoms with Crippen LogP contribution in [0, 0.1) is 5.41 Å². The van der Waals surface area contributed by atoms with Crippen molar-refractivity contribution >= 4 is 5.97 Å². The van der Waals surface area contributed by atoms with E-state index < -0.39 is 11.4 Å². The minimum absolute atomic E-state index is 0.390. The van der Waals surface area contributed by atoms with Crippen LogP contribution in [0.5, 0.6) is 5.88 Å². The van der Waals surface area contributed by atoms with Gasteiger partial charge in [0.1, 0.15) is 5.76 Å². The molecule has 0 aliphatic heterocycles. The number of carboxylic acid groups (broad SMARTS) is 1. The van der Waals surface area contributed by atoms with E-state index >= 15 is 0 Å². The number of rotatable bonds is 4. The molecule has 5 nitrogen and oxygen atoms in total. The second-order valence-corrected chi connectivity index (χ2v) is 3.60. The Morgan fingerprint density at radius 1 is 1.79 bits per heavy atom. The highest BCUT2D eigenvalue weighted by molar-refractivity contribution is 5.78. The average molecular weight is 197 g/mol. The maximum absolute atomic E-state index is 10.9. The number of carboxylic acids is 1. The van der Waals surface area contributed by atoms with Crippen molar-refractivity contribution in [2.75, 3.05) is 7.11 Å². The summed E-state index contributed by atoms with van der Waals surface area (Å²) in [4.78, 5) is 10.9. The third-order valence-electron chi connectivity index (χ3n) is 2.57. The molecule has 14 heavy (non-hydrogen) atoms. The lowest BCUT2D eigenvalue weighted by Gasteiger charge is -2.04. The Balaban J connectivity index is 2.07. The van der Waals surface area contributed by atoms with Crippen LogP contribution in [0.3, 0.4) is 0 Å². The third kappa shape index (κ3) is 1.45. The molecule has 0 amide bonds. The molecule has 1 aromatic heterocycles. The van der Waals surface area contributed by atoms with E-state index in [1.54, 1.807) is 6.07 Å². The largest absolute Gasteiger partial charge is 0.481 e. The molecule has 1 aromatic rings. The number of carbonyl (C=O) groups is 1. The molecule has 76 valence electrons. The molecule has 1 aliphatic carbocycles. The normalized spacial score (nSPS) is 17.8. The molecule has 0 saturated heterocycles. The van der Waals surface area contributed by atoms with Crippen LogP contribution in [0.15, 0.2) is 10.6 Å². The average Bonchev–Trinajstić information content (AvgIpc) is 2.78. The first-order chi connectivity index (χ1) is 6.66. The summed E-state index contributed by atoms with van der Waals surface area (Å²) in [5.41, 5.74) is -0.607. The zero-order valence-corrected chi connectivity index (χ0v) is 7.82. The fraction of sp³-hybridized carbons (Fsp3) is 0.556. The topological polar surface area (TPSA) is 72.6 Å². The first-order valence-corrected chi connectivity index (χ1v) is 4.39. The van der Waals surface area contributed by atoms with E-state index in [1.807, 2.05) is 0 Å². The molecule has 0 spiro atoms. The van der Waals surface area contributed by atoms with Gasteiger partial charge >= 0.3 is 5.97 Å². The highest BCUT2D eigenvalue weighted by atomic mass is 16.5. The Labute approximate surface area is 80.6 Å². The van der Waals surface area contributed by atoms with Crippen molar-refractivity contribution in [1.82, 2.24) is 5.16 Å². The highest BCUT2D eigenvalue weighted by Gasteiger charge is 2.50. The van der Waals surface area contributed by atoms with Crippen molar-refractivity contribution in [3.8, 4) is 5.88 Å². The number of aliphatic carboxylic acids is 1. The lowest BCUT2D eigenvalue weighted by molar-refractivity contribution is -0.143. The lowest BCUT2D eigenvalue weighted by atomic mass is 10.0. The molecule has 1 aliphatic rings. The first-order valence-electron chi connectivity index (χ1n) is 4.39. The molecule has 0 radical (unpaired) electrons. The Morgan fingerprint density at radius 3 is 2.93 bits per heavy atom. The Hall–Kier alpha value is -1.52. The van der Waals surface area contributed by atoms with Crippen LogP contribution in [0.25, 0.3) is 0 Å². The van der Waals surface area contributed by atoms with E-state index in [0.29, 0.717) is 30.9 Å². The van der Waals surface area contributed by atoms with Crippen LogP contribution in [0.1, 0.15) is 18.6 Å². The van der Waals surface area contributed by atoms with Crippen molar-refractivity contribution in [3.63, 3.8) is 0 Å². The second kappa shape index (κ2) is 3.01. The van der Waals surface area contributed by atoms with Gasteiger partial charge in [-0.2, -0.15) is 0 Å². The molecular formula is C9H11NO4. The number of aromatic nitrogens is 1. The van der Waals surface area contributed by atoms with Gasteiger partial charge in [-0.3, -0.25) is 4.79 Å². The summed E-state index contributed by atoms with van der Waals surface area (Å²) in [6.45, 7) is 0. The Kier molecular flexibility index (Phi) is 1.94. The minimum Gasteiger partial charge on any atom is -0.481 e. The predicted molar refractivity (Wildman–Crippen MR) is 46.1 cm³/mol. The summed E-state index contributed by atoms with van der Waals surface area (Å²) < 4.78 is 9.78. The second-order valence-electron chi connectivity index (χ2n) is 3.60. The molecule has 1 saturated carbocycles. The highest BCUT2D eigenvalue weighted by Crippen LogP contribution is 2.48. The number of ether oxygens (including phenoxy) is 1. The van der Waals surface area contributed by atoms with Gasteiger partial charge in [0.25, 0.3) is 5.88 Å². The summed E-state index contributed by atoms with van der Waals surface area (Å²) in [6, 6.07) is 1.63. The van der Waals surface area contributed by atoms with E-state index in [-0.39, 0.29) is 0 Å². The summed E-state index contributed by atoms with van der Waals surface area (Å²) in [6.07, 6.45) is 1.83. The van der Waals surface area contributed by atoms with E-state index in [0.717, 1.165) is 0 Å². The molecule has 1 fully saturated rings. The predicted octanol–water partition coefficient (Wildman–Crippen LogP) is 1.09. The summed E-state index contributed by atoms with van der Waals surface area (Å²) in [5.74, 6) is 0.204. The molecule has 5 heteroatoms. The molecule has 0 atom stereocenters. The van der Waals surface area contributed by atoms with Gasteiger partial charge in [-0.25, -0.2) is 0 Å². The van der Waals surface area contributed by atoms with E-state index in [2.05, 4.69) is 5.16 Å². The Morgan fingerprint density at radius 2 is 2.50 bits per heavy atom. The van der Waals surface area contributed by atoms with Gasteiger partial charge in [-0.05, 0) is 18.0 Å². The zero-order valence-electron chi connectivity index (χ0n) is 7.82. The standard InChI is InChI=1S/C9H11NO4/c1-13-7-4-6(14-10-7)5-9(2-3-9)8(11)12/h4H,2-3,5H2,1H3,(H,11,12). The SMILES string of the molecule is COc1cc(CC2(C(=O)O)CC2)on1. The maximum atomic E-state index is 10.9. The van der Waals surface area contributed by atoms with Gasteiger partial charge in [0.05, 0.1) is 12.5 Å². The van der Waals surface area contributed by atoms with Gasteiger partial charge in [-0.15, -0.1) is 0 Å². The van der Waals surface area contributed by atoms with E-state index in [1.165, 1.54) is 7.11 Å². The molecule has 1 N–H and O–H groups in total. The molecular weight excluding hydrogens is 186 g/mol. The number of hydrogen-bond acceptors (Lipinski definition) is 4. The van der Waals surface area contributed by atoms with Crippen LogP contribution < -0.4 is 4.74 Å². The van der Waals surface area contributed by atoms with Crippen molar-refractivity contribution in [3.05, 3.63) is 11.8 Å². The van der Waals surface area contributed by atoms with Gasteiger partial charge in [-0.1, -0.05) is 0 Å². The van der Waals surface area contributed by atoms with Crippen LogP contribution in [0.4, 0.5) is 0 Å². The Bertz CT molecular complexity index is 353. The fourth-order valence-electron chi connectivity index (χ4n) is 1.42.